The largest absolute Gasteiger partial charge is 0.324 e. The molecule has 0 aliphatic heterocycles. The third-order valence-corrected chi connectivity index (χ3v) is 4.28. The highest BCUT2D eigenvalue weighted by molar-refractivity contribution is 6.04. The lowest BCUT2D eigenvalue weighted by Crippen LogP contribution is -2.17. The second-order valence-corrected chi connectivity index (χ2v) is 6.86. The summed E-state index contributed by atoms with van der Waals surface area (Å²) in [6, 6.07) is 17.4. The summed E-state index contributed by atoms with van der Waals surface area (Å²) in [5.74, 6) is 0.468. The van der Waals surface area contributed by atoms with E-state index in [9.17, 15) is 4.79 Å². The number of nitrogens with zero attached hydrogens (tertiary/aromatic N) is 2. The van der Waals surface area contributed by atoms with Crippen LogP contribution in [0.5, 0.6) is 0 Å². The Morgan fingerprint density at radius 1 is 0.963 bits per heavy atom. The lowest BCUT2D eigenvalue weighted by molar-refractivity contribution is 0.102. The number of hydrogen-bond donors (Lipinski definition) is 2. The fourth-order valence-corrected chi connectivity index (χ4v) is 2.91. The second kappa shape index (κ2) is 7.99. The van der Waals surface area contributed by atoms with Crippen molar-refractivity contribution in [2.75, 3.05) is 10.6 Å². The SMILES string of the molecule is Cc1cc(C(=O)Nc2c(C)cccc2C(C)C)nc(Nc2ccccc2)n1. The molecule has 0 unspecified atom stereocenters. The molecule has 0 radical (unpaired) electrons. The van der Waals surface area contributed by atoms with Gasteiger partial charge < -0.3 is 10.6 Å². The molecule has 0 atom stereocenters. The Hall–Kier alpha value is -3.21. The van der Waals surface area contributed by atoms with Crippen LogP contribution in [0.4, 0.5) is 17.3 Å². The summed E-state index contributed by atoms with van der Waals surface area (Å²) in [5, 5.41) is 6.18. The minimum Gasteiger partial charge on any atom is -0.324 e. The highest BCUT2D eigenvalue weighted by atomic mass is 16.1. The minimum atomic E-state index is -0.243. The van der Waals surface area contributed by atoms with E-state index in [-0.39, 0.29) is 5.91 Å². The van der Waals surface area contributed by atoms with E-state index < -0.39 is 0 Å². The van der Waals surface area contributed by atoms with Crippen molar-refractivity contribution < 1.29 is 4.79 Å². The van der Waals surface area contributed by atoms with Crippen LogP contribution < -0.4 is 10.6 Å². The monoisotopic (exact) mass is 360 g/mol. The molecule has 3 aromatic rings. The molecule has 3 rings (SSSR count). The van der Waals surface area contributed by atoms with Crippen molar-refractivity contribution in [2.24, 2.45) is 0 Å². The van der Waals surface area contributed by atoms with E-state index in [0.717, 1.165) is 28.2 Å². The van der Waals surface area contributed by atoms with Crippen LogP contribution in [0.2, 0.25) is 0 Å². The third kappa shape index (κ3) is 4.50. The van der Waals surface area contributed by atoms with Gasteiger partial charge in [-0.3, -0.25) is 4.79 Å². The van der Waals surface area contributed by atoms with Crippen LogP contribution in [-0.2, 0) is 0 Å². The van der Waals surface area contributed by atoms with Gasteiger partial charge in [0.2, 0.25) is 5.95 Å². The molecule has 27 heavy (non-hydrogen) atoms. The standard InChI is InChI=1S/C22H24N4O/c1-14(2)18-12-8-9-15(3)20(18)26-21(27)19-13-16(4)23-22(25-19)24-17-10-6-5-7-11-17/h5-14H,1-4H3,(H,26,27)(H,23,24,25). The van der Waals surface area contributed by atoms with Gasteiger partial charge in [-0.15, -0.1) is 0 Å². The zero-order valence-electron chi connectivity index (χ0n) is 16.1. The number of aromatic nitrogens is 2. The summed E-state index contributed by atoms with van der Waals surface area (Å²) in [4.78, 5) is 21.6. The normalized spacial score (nSPS) is 10.7. The first kappa shape index (κ1) is 18.6. The minimum absolute atomic E-state index is 0.243. The number of benzene rings is 2. The maximum atomic E-state index is 12.9. The summed E-state index contributed by atoms with van der Waals surface area (Å²) in [5.41, 5.74) is 4.92. The average molecular weight is 360 g/mol. The first-order valence-corrected chi connectivity index (χ1v) is 9.02. The van der Waals surface area contributed by atoms with Crippen LogP contribution in [0.1, 0.15) is 47.1 Å². The van der Waals surface area contributed by atoms with E-state index in [1.54, 1.807) is 6.07 Å². The summed E-state index contributed by atoms with van der Waals surface area (Å²) in [6.07, 6.45) is 0. The first-order chi connectivity index (χ1) is 12.9. The van der Waals surface area contributed by atoms with Crippen molar-refractivity contribution >= 4 is 23.2 Å². The molecular formula is C22H24N4O. The molecule has 2 N–H and O–H groups in total. The van der Waals surface area contributed by atoms with Crippen LogP contribution in [0, 0.1) is 13.8 Å². The molecule has 0 saturated heterocycles. The van der Waals surface area contributed by atoms with Gasteiger partial charge in [0.1, 0.15) is 5.69 Å². The van der Waals surface area contributed by atoms with Crippen LogP contribution in [0.3, 0.4) is 0 Å². The Bertz CT molecular complexity index is 952. The van der Waals surface area contributed by atoms with Gasteiger partial charge in [-0.1, -0.05) is 50.2 Å². The molecule has 0 aliphatic rings. The Morgan fingerprint density at radius 2 is 1.70 bits per heavy atom. The van der Waals surface area contributed by atoms with E-state index in [2.05, 4.69) is 34.4 Å². The van der Waals surface area contributed by atoms with Crippen LogP contribution in [0.25, 0.3) is 0 Å². The van der Waals surface area contributed by atoms with Crippen LogP contribution in [-0.4, -0.2) is 15.9 Å². The highest BCUT2D eigenvalue weighted by Crippen LogP contribution is 2.28. The molecule has 0 bridgehead atoms. The number of anilines is 3. The lowest BCUT2D eigenvalue weighted by Gasteiger charge is -2.16. The molecule has 138 valence electrons. The van der Waals surface area contributed by atoms with Gasteiger partial charge in [-0.05, 0) is 49.1 Å². The molecular weight excluding hydrogens is 336 g/mol. The summed E-state index contributed by atoms with van der Waals surface area (Å²) >= 11 is 0. The molecule has 5 nitrogen and oxygen atoms in total. The predicted octanol–water partition coefficient (Wildman–Crippen LogP) is 5.21. The summed E-state index contributed by atoms with van der Waals surface area (Å²) in [7, 11) is 0. The number of nitrogens with one attached hydrogen (secondary N) is 2. The number of amides is 1. The maximum Gasteiger partial charge on any atom is 0.274 e. The number of rotatable bonds is 5. The smallest absolute Gasteiger partial charge is 0.274 e. The second-order valence-electron chi connectivity index (χ2n) is 6.86. The fourth-order valence-electron chi connectivity index (χ4n) is 2.91. The molecule has 1 amide bonds. The Morgan fingerprint density at radius 3 is 2.41 bits per heavy atom. The van der Waals surface area contributed by atoms with E-state index in [4.69, 9.17) is 0 Å². The molecule has 0 spiro atoms. The molecule has 1 aromatic heterocycles. The molecule has 5 heteroatoms. The van der Waals surface area contributed by atoms with E-state index in [1.165, 1.54) is 0 Å². The zero-order valence-corrected chi connectivity index (χ0v) is 16.1. The molecule has 0 fully saturated rings. The van der Waals surface area contributed by atoms with E-state index in [1.807, 2.05) is 62.4 Å². The Balaban J connectivity index is 1.88. The topological polar surface area (TPSA) is 66.9 Å². The number of hydrogen-bond acceptors (Lipinski definition) is 4. The van der Waals surface area contributed by atoms with Crippen molar-refractivity contribution in [1.29, 1.82) is 0 Å². The van der Waals surface area contributed by atoms with Gasteiger partial charge in [0.25, 0.3) is 5.91 Å². The van der Waals surface area contributed by atoms with Gasteiger partial charge in [0.05, 0.1) is 0 Å². The number of aryl methyl sites for hydroxylation is 2. The van der Waals surface area contributed by atoms with E-state index >= 15 is 0 Å². The van der Waals surface area contributed by atoms with Gasteiger partial charge in [0.15, 0.2) is 0 Å². The third-order valence-electron chi connectivity index (χ3n) is 4.28. The van der Waals surface area contributed by atoms with Crippen molar-refractivity contribution in [1.82, 2.24) is 9.97 Å². The lowest BCUT2D eigenvalue weighted by atomic mass is 9.98. The highest BCUT2D eigenvalue weighted by Gasteiger charge is 2.15. The average Bonchev–Trinajstić information content (AvgIpc) is 2.63. The van der Waals surface area contributed by atoms with Gasteiger partial charge in [0, 0.05) is 17.1 Å². The van der Waals surface area contributed by atoms with Crippen molar-refractivity contribution in [2.45, 2.75) is 33.6 Å². The molecule has 0 saturated carbocycles. The van der Waals surface area contributed by atoms with Gasteiger partial charge in [-0.2, -0.15) is 0 Å². The Kier molecular flexibility index (Phi) is 5.50. The Labute approximate surface area is 159 Å². The summed E-state index contributed by atoms with van der Waals surface area (Å²) < 4.78 is 0. The van der Waals surface area contributed by atoms with Crippen LogP contribution >= 0.6 is 0 Å². The number of para-hydroxylation sites is 2. The summed E-state index contributed by atoms with van der Waals surface area (Å²) in [6.45, 7) is 8.07. The van der Waals surface area contributed by atoms with E-state index in [0.29, 0.717) is 17.6 Å². The van der Waals surface area contributed by atoms with Crippen molar-refractivity contribution in [3.63, 3.8) is 0 Å². The first-order valence-electron chi connectivity index (χ1n) is 9.02. The fraction of sp³-hybridized carbons (Fsp3) is 0.227. The molecule has 2 aromatic carbocycles. The maximum absolute atomic E-state index is 12.9. The number of carbonyl (C=O) groups excluding carboxylic acids is 1. The zero-order chi connectivity index (χ0) is 19.4. The predicted molar refractivity (Wildman–Crippen MR) is 110 cm³/mol. The van der Waals surface area contributed by atoms with Gasteiger partial charge in [-0.25, -0.2) is 9.97 Å². The van der Waals surface area contributed by atoms with Crippen LogP contribution in [0.15, 0.2) is 54.6 Å². The number of carbonyl (C=O) groups is 1. The van der Waals surface area contributed by atoms with Crippen molar-refractivity contribution in [3.05, 3.63) is 77.1 Å². The van der Waals surface area contributed by atoms with Gasteiger partial charge >= 0.3 is 0 Å². The quantitative estimate of drug-likeness (QED) is 0.655. The molecule has 1 heterocycles. The van der Waals surface area contributed by atoms with Crippen molar-refractivity contribution in [3.8, 4) is 0 Å². The molecule has 0 aliphatic carbocycles.